The number of carbonyl (C=O) groups is 2. The molecular formula is C28H40ClN3O3. The number of nitrogens with one attached hydrogen (secondary N) is 2. The number of benzene rings is 2. The van der Waals surface area contributed by atoms with Gasteiger partial charge in [-0.3, -0.25) is 9.59 Å². The van der Waals surface area contributed by atoms with Gasteiger partial charge in [-0.1, -0.05) is 81.8 Å². The molecule has 0 aromatic heterocycles. The lowest BCUT2D eigenvalue weighted by Gasteiger charge is -2.27. The summed E-state index contributed by atoms with van der Waals surface area (Å²) in [5.41, 5.74) is 8.31. The first-order chi connectivity index (χ1) is 16.7. The summed E-state index contributed by atoms with van der Waals surface area (Å²) < 4.78 is 5.75. The Kier molecular flexibility index (Phi) is 12.2. The number of halogens is 1. The zero-order chi connectivity index (χ0) is 25.8. The largest absolute Gasteiger partial charge is 0.375 e. The van der Waals surface area contributed by atoms with Crippen LogP contribution in [-0.2, 0) is 27.5 Å². The molecule has 2 aromatic carbocycles. The summed E-state index contributed by atoms with van der Waals surface area (Å²) in [6.07, 6.45) is 1.30. The summed E-state index contributed by atoms with van der Waals surface area (Å²) in [7, 11) is 0. The fourth-order valence-electron chi connectivity index (χ4n) is 3.84. The number of ether oxygens (including phenoxy) is 1. The normalized spacial score (nSPS) is 13.9. The summed E-state index contributed by atoms with van der Waals surface area (Å²) in [5.74, 6) is -0.474. The van der Waals surface area contributed by atoms with Crippen molar-refractivity contribution in [3.63, 3.8) is 0 Å². The van der Waals surface area contributed by atoms with E-state index in [2.05, 4.69) is 10.6 Å². The van der Waals surface area contributed by atoms with Crippen LogP contribution >= 0.6 is 11.6 Å². The van der Waals surface area contributed by atoms with Crippen molar-refractivity contribution >= 4 is 23.4 Å². The molecule has 0 saturated heterocycles. The Morgan fingerprint density at radius 1 is 0.886 bits per heavy atom. The molecule has 2 aromatic rings. The summed E-state index contributed by atoms with van der Waals surface area (Å²) in [6, 6.07) is 16.5. The molecule has 0 bridgehead atoms. The maximum atomic E-state index is 13.1. The van der Waals surface area contributed by atoms with E-state index in [9.17, 15) is 9.59 Å². The van der Waals surface area contributed by atoms with Crippen LogP contribution in [0.5, 0.6) is 0 Å². The van der Waals surface area contributed by atoms with Gasteiger partial charge < -0.3 is 21.1 Å². The fourth-order valence-corrected chi connectivity index (χ4v) is 3.97. The number of nitrogens with two attached hydrogens (primary N) is 1. The number of rotatable bonds is 14. The molecular weight excluding hydrogens is 462 g/mol. The first-order valence-corrected chi connectivity index (χ1v) is 12.7. The van der Waals surface area contributed by atoms with Crippen LogP contribution in [-0.4, -0.2) is 30.5 Å². The Bertz CT molecular complexity index is 903. The lowest BCUT2D eigenvalue weighted by molar-refractivity contribution is -0.133. The lowest BCUT2D eigenvalue weighted by Crippen LogP contribution is -2.51. The topological polar surface area (TPSA) is 93.5 Å². The molecule has 35 heavy (non-hydrogen) atoms. The second-order valence-corrected chi connectivity index (χ2v) is 10.2. The van der Waals surface area contributed by atoms with E-state index in [0.29, 0.717) is 37.6 Å². The summed E-state index contributed by atoms with van der Waals surface area (Å²) in [6.45, 7) is 9.22. The van der Waals surface area contributed by atoms with E-state index in [4.69, 9.17) is 22.1 Å². The minimum absolute atomic E-state index is 0.0503. The first kappa shape index (κ1) is 28.8. The zero-order valence-corrected chi connectivity index (χ0v) is 22.1. The van der Waals surface area contributed by atoms with Crippen LogP contribution in [0.4, 0.5) is 0 Å². The van der Waals surface area contributed by atoms with Crippen LogP contribution in [0.3, 0.4) is 0 Å². The highest BCUT2D eigenvalue weighted by molar-refractivity contribution is 6.30. The minimum atomic E-state index is -0.612. The molecule has 0 heterocycles. The molecule has 2 unspecified atom stereocenters. The Labute approximate surface area is 215 Å². The number of carbonyl (C=O) groups excluding carboxylic acids is 2. The van der Waals surface area contributed by atoms with Gasteiger partial charge >= 0.3 is 0 Å². The maximum Gasteiger partial charge on any atom is 0.243 e. The van der Waals surface area contributed by atoms with E-state index in [1.807, 2.05) is 70.2 Å². The van der Waals surface area contributed by atoms with Gasteiger partial charge in [-0.2, -0.15) is 0 Å². The van der Waals surface area contributed by atoms with E-state index in [0.717, 1.165) is 11.1 Å². The van der Waals surface area contributed by atoms with Crippen molar-refractivity contribution in [2.45, 2.75) is 65.8 Å². The van der Waals surface area contributed by atoms with Gasteiger partial charge in [0.2, 0.25) is 11.8 Å². The molecule has 0 aliphatic heterocycles. The smallest absolute Gasteiger partial charge is 0.243 e. The monoisotopic (exact) mass is 501 g/mol. The molecule has 0 aliphatic carbocycles. The lowest BCUT2D eigenvalue weighted by atomic mass is 9.88. The Balaban J connectivity index is 1.84. The van der Waals surface area contributed by atoms with Gasteiger partial charge in [-0.15, -0.1) is 0 Å². The standard InChI is InChI=1S/C28H40ClN3O3/c1-19(2)25(15-14-24(30)18-35-17-22-8-6-5-7-9-22)27(33)32-26(20(3)4)28(34)31-16-21-10-12-23(29)13-11-21/h5-13,19-20,24-26H,14-18,30H2,1-4H3,(H,31,34)(H,32,33)/t24?,25-,26?/m0/s1. The van der Waals surface area contributed by atoms with Gasteiger partial charge in [0.15, 0.2) is 0 Å². The van der Waals surface area contributed by atoms with E-state index in [1.165, 1.54) is 0 Å². The molecule has 7 heteroatoms. The van der Waals surface area contributed by atoms with Crippen molar-refractivity contribution in [3.8, 4) is 0 Å². The van der Waals surface area contributed by atoms with Gasteiger partial charge in [0.05, 0.1) is 13.2 Å². The van der Waals surface area contributed by atoms with Crippen molar-refractivity contribution in [1.82, 2.24) is 10.6 Å². The van der Waals surface area contributed by atoms with Crippen LogP contribution in [0, 0.1) is 17.8 Å². The van der Waals surface area contributed by atoms with Gasteiger partial charge in [-0.05, 0) is 47.9 Å². The molecule has 0 aliphatic rings. The molecule has 0 saturated carbocycles. The van der Waals surface area contributed by atoms with E-state index in [1.54, 1.807) is 12.1 Å². The molecule has 192 valence electrons. The van der Waals surface area contributed by atoms with Crippen LogP contribution in [0.1, 0.15) is 51.7 Å². The van der Waals surface area contributed by atoms with Crippen molar-refractivity contribution in [1.29, 1.82) is 0 Å². The average Bonchev–Trinajstić information content (AvgIpc) is 2.82. The highest BCUT2D eigenvalue weighted by Crippen LogP contribution is 2.20. The molecule has 0 spiro atoms. The van der Waals surface area contributed by atoms with Gasteiger partial charge in [0, 0.05) is 23.5 Å². The van der Waals surface area contributed by atoms with Crippen LogP contribution in [0.15, 0.2) is 54.6 Å². The summed E-state index contributed by atoms with van der Waals surface area (Å²) in [5, 5.41) is 6.56. The third kappa shape index (κ3) is 10.4. The quantitative estimate of drug-likeness (QED) is 0.350. The highest BCUT2D eigenvalue weighted by atomic mass is 35.5. The van der Waals surface area contributed by atoms with Gasteiger partial charge in [-0.25, -0.2) is 0 Å². The molecule has 2 rings (SSSR count). The van der Waals surface area contributed by atoms with Gasteiger partial charge in [0.25, 0.3) is 0 Å². The third-order valence-corrected chi connectivity index (χ3v) is 6.31. The third-order valence-electron chi connectivity index (χ3n) is 6.06. The number of amides is 2. The number of hydrogen-bond acceptors (Lipinski definition) is 4. The molecule has 2 amide bonds. The molecule has 0 fully saturated rings. The number of hydrogen-bond donors (Lipinski definition) is 3. The second-order valence-electron chi connectivity index (χ2n) is 9.76. The second kappa shape index (κ2) is 14.9. The molecule has 4 N–H and O–H groups in total. The Hall–Kier alpha value is -2.41. The Morgan fingerprint density at radius 3 is 2.14 bits per heavy atom. The van der Waals surface area contributed by atoms with Gasteiger partial charge in [0.1, 0.15) is 6.04 Å². The van der Waals surface area contributed by atoms with Crippen LogP contribution < -0.4 is 16.4 Å². The average molecular weight is 502 g/mol. The predicted octanol–water partition coefficient (Wildman–Crippen LogP) is 4.69. The zero-order valence-electron chi connectivity index (χ0n) is 21.3. The highest BCUT2D eigenvalue weighted by Gasteiger charge is 2.29. The maximum absolute atomic E-state index is 13.1. The predicted molar refractivity (Wildman–Crippen MR) is 142 cm³/mol. The summed E-state index contributed by atoms with van der Waals surface area (Å²) in [4.78, 5) is 26.0. The Morgan fingerprint density at radius 2 is 1.54 bits per heavy atom. The molecule has 6 nitrogen and oxygen atoms in total. The van der Waals surface area contributed by atoms with E-state index in [-0.39, 0.29) is 35.6 Å². The van der Waals surface area contributed by atoms with Crippen LogP contribution in [0.2, 0.25) is 5.02 Å². The van der Waals surface area contributed by atoms with Crippen molar-refractivity contribution < 1.29 is 14.3 Å². The fraction of sp³-hybridized carbons (Fsp3) is 0.500. The van der Waals surface area contributed by atoms with E-state index >= 15 is 0 Å². The van der Waals surface area contributed by atoms with Crippen LogP contribution in [0.25, 0.3) is 0 Å². The summed E-state index contributed by atoms with van der Waals surface area (Å²) >= 11 is 5.92. The molecule has 0 radical (unpaired) electrons. The first-order valence-electron chi connectivity index (χ1n) is 12.4. The van der Waals surface area contributed by atoms with Crippen molar-refractivity contribution in [2.24, 2.45) is 23.5 Å². The minimum Gasteiger partial charge on any atom is -0.375 e. The molecule has 3 atom stereocenters. The van der Waals surface area contributed by atoms with E-state index < -0.39 is 6.04 Å². The SMILES string of the molecule is CC(C)C(NC(=O)[C@@H](CCC(N)COCc1ccccc1)C(C)C)C(=O)NCc1ccc(Cl)cc1. The van der Waals surface area contributed by atoms with Crippen molar-refractivity contribution in [2.75, 3.05) is 6.61 Å². The van der Waals surface area contributed by atoms with Crippen molar-refractivity contribution in [3.05, 3.63) is 70.7 Å².